The lowest BCUT2D eigenvalue weighted by atomic mass is 10.3. The van der Waals surface area contributed by atoms with Gasteiger partial charge >= 0.3 is 0 Å². The minimum absolute atomic E-state index is 0.648. The summed E-state index contributed by atoms with van der Waals surface area (Å²) < 4.78 is 0. The van der Waals surface area contributed by atoms with Crippen LogP contribution in [0.2, 0.25) is 0 Å². The van der Waals surface area contributed by atoms with Gasteiger partial charge in [0.05, 0.1) is 0 Å². The van der Waals surface area contributed by atoms with Gasteiger partial charge in [0.15, 0.2) is 17.6 Å². The number of rotatable bonds is 2. The van der Waals surface area contributed by atoms with Crippen LogP contribution in [0.5, 0.6) is 0 Å². The molecule has 0 aliphatic carbocycles. The van der Waals surface area contributed by atoms with E-state index < -0.39 is 17.6 Å². The summed E-state index contributed by atoms with van der Waals surface area (Å²) in [5, 5.41) is 29.6. The molecule has 0 unspecified atom stereocenters. The van der Waals surface area contributed by atoms with Crippen molar-refractivity contribution in [3.63, 3.8) is 0 Å². The molecule has 0 heterocycles. The summed E-state index contributed by atoms with van der Waals surface area (Å²) in [6, 6.07) is 0. The van der Waals surface area contributed by atoms with E-state index in [4.69, 9.17) is 15.3 Å². The summed E-state index contributed by atoms with van der Waals surface area (Å²) in [4.78, 5) is 0. The molecule has 3 nitrogen and oxygen atoms in total. The van der Waals surface area contributed by atoms with Crippen LogP contribution in [0.4, 0.5) is 0 Å². The van der Waals surface area contributed by atoms with Crippen LogP contribution in [0.15, 0.2) is 11.5 Å². The Hall–Kier alpha value is -0.700. The Balaban J connectivity index is 4.53. The van der Waals surface area contributed by atoms with Crippen LogP contribution in [-0.2, 0) is 0 Å². The molecule has 0 saturated carbocycles. The fraction of sp³-hybridized carbons (Fsp3) is 0.200. The smallest absolute Gasteiger partial charge is 0.185 e. The quantitative estimate of drug-likeness (QED) is 0.420. The lowest BCUT2D eigenvalue weighted by molar-refractivity contribution is 0.145. The predicted octanol–water partition coefficient (Wildman–Crippen LogP) is 0.428. The summed E-state index contributed by atoms with van der Waals surface area (Å²) >= 11 is 8.27. The van der Waals surface area contributed by atoms with E-state index in [9.17, 15) is 0 Å². The summed E-state index contributed by atoms with van der Waals surface area (Å²) in [7, 11) is 0. The van der Waals surface area contributed by atoms with Crippen molar-refractivity contribution < 1.29 is 15.3 Å². The topological polar surface area (TPSA) is 60.7 Å². The van der Waals surface area contributed by atoms with Gasteiger partial charge in [0, 0.05) is 0 Å². The second-order valence-electron chi connectivity index (χ2n) is 1.38. The van der Waals surface area contributed by atoms with Gasteiger partial charge in [0.2, 0.25) is 0 Å². The molecule has 0 aromatic heterocycles. The Morgan fingerprint density at radius 2 is 1.40 bits per heavy atom. The fourth-order valence-corrected chi connectivity index (χ4v) is 0.464. The van der Waals surface area contributed by atoms with Crippen LogP contribution in [0, 0.1) is 0 Å². The van der Waals surface area contributed by atoms with Crippen molar-refractivity contribution in [1.29, 1.82) is 0 Å². The Morgan fingerprint density at radius 3 is 1.60 bits per heavy atom. The van der Waals surface area contributed by atoms with Crippen LogP contribution >= 0.6 is 24.4 Å². The van der Waals surface area contributed by atoms with Crippen LogP contribution in [0.1, 0.15) is 0 Å². The highest BCUT2D eigenvalue weighted by atomic mass is 32.1. The first-order chi connectivity index (χ1) is 4.63. The summed E-state index contributed by atoms with van der Waals surface area (Å²) in [6.45, 7) is 0. The van der Waals surface area contributed by atoms with Crippen molar-refractivity contribution in [2.24, 2.45) is 0 Å². The number of aliphatic hydroxyl groups excluding tert-OH is 3. The third-order valence-corrected chi connectivity index (χ3v) is 1.15. The zero-order chi connectivity index (χ0) is 8.15. The van der Waals surface area contributed by atoms with Crippen molar-refractivity contribution in [3.05, 3.63) is 11.5 Å². The molecule has 0 bridgehead atoms. The number of thiocarbonyl (C=S) groups is 2. The molecule has 0 amide bonds. The van der Waals surface area contributed by atoms with Crippen molar-refractivity contribution >= 4 is 34.5 Å². The molecule has 0 rings (SSSR count). The molecule has 0 aromatic rings. The van der Waals surface area contributed by atoms with Crippen LogP contribution in [0.3, 0.4) is 0 Å². The predicted molar refractivity (Wildman–Crippen MR) is 43.5 cm³/mol. The van der Waals surface area contributed by atoms with Crippen LogP contribution in [0.25, 0.3) is 0 Å². The van der Waals surface area contributed by atoms with E-state index >= 15 is 0 Å². The third kappa shape index (κ3) is 2.27. The molecule has 54 valence electrons. The standard InChI is InChI=1S/C5H4O3S2/c6-3(1-9)5(8)4(7)2-10/h5-8H. The maximum absolute atomic E-state index is 8.75. The molecule has 0 aromatic carbocycles. The fourth-order valence-electron chi connectivity index (χ4n) is 0.241. The van der Waals surface area contributed by atoms with Gasteiger partial charge in [-0.25, -0.2) is 0 Å². The lowest BCUT2D eigenvalue weighted by Gasteiger charge is -2.02. The maximum atomic E-state index is 8.75. The Morgan fingerprint density at radius 1 is 1.10 bits per heavy atom. The average molecular weight is 176 g/mol. The van der Waals surface area contributed by atoms with Gasteiger partial charge in [-0.15, -0.1) is 0 Å². The first kappa shape index (κ1) is 9.30. The molecular formula is C5H4O3S2. The normalized spacial score (nSPS) is 10.9. The van der Waals surface area contributed by atoms with Crippen molar-refractivity contribution in [2.75, 3.05) is 0 Å². The van der Waals surface area contributed by atoms with Crippen LogP contribution < -0.4 is 0 Å². The van der Waals surface area contributed by atoms with Crippen molar-refractivity contribution in [2.45, 2.75) is 6.10 Å². The molecule has 0 saturated heterocycles. The van der Waals surface area contributed by atoms with E-state index in [1.165, 1.54) is 0 Å². The summed E-state index contributed by atoms with van der Waals surface area (Å²) in [5.41, 5.74) is 0. The second-order valence-corrected chi connectivity index (χ2v) is 1.79. The molecule has 0 atom stereocenters. The van der Waals surface area contributed by atoms with E-state index in [0.29, 0.717) is 0 Å². The van der Waals surface area contributed by atoms with E-state index in [1.807, 2.05) is 10.0 Å². The molecule has 3 N–H and O–H groups in total. The van der Waals surface area contributed by atoms with Gasteiger partial charge < -0.3 is 15.3 Å². The van der Waals surface area contributed by atoms with E-state index in [0.717, 1.165) is 0 Å². The van der Waals surface area contributed by atoms with Gasteiger partial charge in [0.25, 0.3) is 0 Å². The summed E-state index contributed by atoms with van der Waals surface area (Å²) in [5.74, 6) is -1.30. The molecule has 10 heavy (non-hydrogen) atoms. The van der Waals surface area contributed by atoms with Crippen molar-refractivity contribution in [1.82, 2.24) is 0 Å². The molecule has 0 fully saturated rings. The minimum atomic E-state index is -1.59. The Bertz CT molecular complexity index is 199. The number of hydrogen-bond donors (Lipinski definition) is 3. The Kier molecular flexibility index (Phi) is 3.88. The van der Waals surface area contributed by atoms with Gasteiger partial charge in [-0.05, 0) is 34.5 Å². The molecule has 5 heteroatoms. The molecule has 0 spiro atoms. The SMILES string of the molecule is OC(=C=S)C(O)C(O)=C=S. The van der Waals surface area contributed by atoms with E-state index in [-0.39, 0.29) is 0 Å². The average Bonchev–Trinajstić information content (AvgIpc) is 2.00. The van der Waals surface area contributed by atoms with Gasteiger partial charge in [-0.2, -0.15) is 0 Å². The van der Waals surface area contributed by atoms with Gasteiger partial charge in [-0.3, -0.25) is 0 Å². The maximum Gasteiger partial charge on any atom is 0.185 e. The lowest BCUT2D eigenvalue weighted by Crippen LogP contribution is -2.13. The third-order valence-electron chi connectivity index (χ3n) is 0.727. The zero-order valence-corrected chi connectivity index (χ0v) is 6.37. The van der Waals surface area contributed by atoms with Gasteiger partial charge in [-0.1, -0.05) is 0 Å². The first-order valence-electron chi connectivity index (χ1n) is 2.19. The van der Waals surface area contributed by atoms with E-state index in [1.54, 1.807) is 0 Å². The van der Waals surface area contributed by atoms with Crippen LogP contribution in [-0.4, -0.2) is 31.5 Å². The number of hydrogen-bond acceptors (Lipinski definition) is 5. The van der Waals surface area contributed by atoms with Gasteiger partial charge in [0.1, 0.15) is 0 Å². The molecule has 0 aliphatic rings. The molecular weight excluding hydrogens is 172 g/mol. The highest BCUT2D eigenvalue weighted by Crippen LogP contribution is 2.00. The Labute approximate surface area is 67.9 Å². The highest BCUT2D eigenvalue weighted by Gasteiger charge is 2.13. The largest absolute Gasteiger partial charge is 0.501 e. The number of aliphatic hydroxyl groups is 3. The highest BCUT2D eigenvalue weighted by molar-refractivity contribution is 7.78. The molecule has 0 aliphatic heterocycles. The summed E-state index contributed by atoms with van der Waals surface area (Å²) in [6.07, 6.45) is -1.59. The minimum Gasteiger partial charge on any atom is -0.501 e. The molecule has 0 radical (unpaired) electrons. The monoisotopic (exact) mass is 176 g/mol. The van der Waals surface area contributed by atoms with Crippen molar-refractivity contribution in [3.8, 4) is 0 Å². The zero-order valence-electron chi connectivity index (χ0n) is 4.74. The van der Waals surface area contributed by atoms with E-state index in [2.05, 4.69) is 24.4 Å². The second kappa shape index (κ2) is 4.17. The first-order valence-corrected chi connectivity index (χ1v) is 3.01.